The minimum Gasteiger partial charge on any atom is -0.325 e. The second-order valence-electron chi connectivity index (χ2n) is 10.2. The van der Waals surface area contributed by atoms with Crippen LogP contribution in [0.1, 0.15) is 39.9 Å². The van der Waals surface area contributed by atoms with Crippen LogP contribution in [0, 0.1) is 12.8 Å². The molecule has 2 amide bonds. The molecule has 0 radical (unpaired) electrons. The number of nitrogens with zero attached hydrogens (tertiary/aromatic N) is 1. The summed E-state index contributed by atoms with van der Waals surface area (Å²) in [4.78, 5) is 45.4. The summed E-state index contributed by atoms with van der Waals surface area (Å²) in [6, 6.07) is 20.5. The third-order valence-electron chi connectivity index (χ3n) is 8.75. The molecule has 0 saturated carbocycles. The summed E-state index contributed by atoms with van der Waals surface area (Å²) in [7, 11) is 0. The lowest BCUT2D eigenvalue weighted by atomic mass is 9.57. The van der Waals surface area contributed by atoms with Gasteiger partial charge in [-0.1, -0.05) is 64.5 Å². The number of hydrogen-bond donors (Lipinski definition) is 2. The Balaban J connectivity index is 1.59. The molecule has 7 heteroatoms. The molecule has 0 aliphatic carbocycles. The first-order chi connectivity index (χ1) is 17.4. The Morgan fingerprint density at radius 2 is 1.69 bits per heavy atom. The fourth-order valence-electron chi connectivity index (χ4n) is 7.55. The van der Waals surface area contributed by atoms with E-state index in [1.165, 1.54) is 0 Å². The van der Waals surface area contributed by atoms with Gasteiger partial charge in [-0.15, -0.1) is 0 Å². The van der Waals surface area contributed by atoms with Gasteiger partial charge in [0.2, 0.25) is 5.91 Å². The molecule has 4 aliphatic heterocycles. The second kappa shape index (κ2) is 7.37. The number of Topliss-reactive ketones (excluding diaryl/α,β-unsaturated/α-hetero) is 1. The third-order valence-corrected chi connectivity index (χ3v) is 9.28. The Kier molecular flexibility index (Phi) is 4.49. The maximum atomic E-state index is 14.5. The highest BCUT2D eigenvalue weighted by Crippen LogP contribution is 2.68. The van der Waals surface area contributed by atoms with Gasteiger partial charge in [-0.3, -0.25) is 19.3 Å². The summed E-state index contributed by atoms with van der Waals surface area (Å²) in [5.74, 6) is -1.33. The molecule has 0 bridgehead atoms. The number of anilines is 2. The van der Waals surface area contributed by atoms with E-state index in [2.05, 4.69) is 31.5 Å². The van der Waals surface area contributed by atoms with Gasteiger partial charge in [-0.2, -0.15) is 0 Å². The van der Waals surface area contributed by atoms with E-state index in [0.717, 1.165) is 39.7 Å². The molecule has 3 aromatic carbocycles. The number of para-hydroxylation sites is 2. The molecule has 3 aromatic rings. The van der Waals surface area contributed by atoms with Crippen molar-refractivity contribution in [3.05, 3.63) is 93.5 Å². The van der Waals surface area contributed by atoms with E-state index in [1.54, 1.807) is 12.1 Å². The number of ketones is 1. The maximum absolute atomic E-state index is 14.5. The lowest BCUT2D eigenvalue weighted by Crippen LogP contribution is -2.62. The van der Waals surface area contributed by atoms with Crippen molar-refractivity contribution in [3.63, 3.8) is 0 Å². The van der Waals surface area contributed by atoms with Crippen molar-refractivity contribution < 1.29 is 14.4 Å². The molecule has 4 aliphatic rings. The predicted octanol–water partition coefficient (Wildman–Crippen LogP) is 4.77. The van der Waals surface area contributed by atoms with Crippen molar-refractivity contribution in [2.24, 2.45) is 5.92 Å². The molecule has 2 N–H and O–H groups in total. The SMILES string of the molecule is Cc1cccc2c1NC(=O)C21N2CCCC2C(C(=O)c2ccc(Br)cc2)C12C(=O)Nc1ccccc12. The van der Waals surface area contributed by atoms with E-state index in [1.807, 2.05) is 61.5 Å². The normalized spacial score (nSPS) is 29.8. The molecule has 4 atom stereocenters. The third kappa shape index (κ3) is 2.38. The van der Waals surface area contributed by atoms with Gasteiger partial charge in [0.05, 0.1) is 5.92 Å². The van der Waals surface area contributed by atoms with Crippen LogP contribution in [0.15, 0.2) is 71.2 Å². The monoisotopic (exact) mass is 541 g/mol. The van der Waals surface area contributed by atoms with E-state index in [-0.39, 0.29) is 23.6 Å². The highest BCUT2D eigenvalue weighted by molar-refractivity contribution is 9.10. The summed E-state index contributed by atoms with van der Waals surface area (Å²) >= 11 is 3.46. The first kappa shape index (κ1) is 21.9. The van der Waals surface area contributed by atoms with E-state index >= 15 is 0 Å². The zero-order valence-electron chi connectivity index (χ0n) is 19.7. The molecule has 7 rings (SSSR count). The Morgan fingerprint density at radius 3 is 2.50 bits per heavy atom. The summed E-state index contributed by atoms with van der Waals surface area (Å²) in [6.45, 7) is 2.61. The first-order valence-electron chi connectivity index (χ1n) is 12.3. The number of carbonyl (C=O) groups excluding carboxylic acids is 3. The van der Waals surface area contributed by atoms with Crippen LogP contribution < -0.4 is 10.6 Å². The zero-order valence-corrected chi connectivity index (χ0v) is 21.3. The van der Waals surface area contributed by atoms with Crippen LogP contribution in [0.4, 0.5) is 11.4 Å². The van der Waals surface area contributed by atoms with Crippen molar-refractivity contribution >= 4 is 44.9 Å². The summed E-state index contributed by atoms with van der Waals surface area (Å²) in [5.41, 5.74) is 1.71. The smallest absolute Gasteiger partial charge is 0.251 e. The molecule has 2 spiro atoms. The molecule has 4 unspecified atom stereocenters. The number of halogens is 1. The van der Waals surface area contributed by atoms with Gasteiger partial charge in [0.15, 0.2) is 5.78 Å². The van der Waals surface area contributed by atoms with Gasteiger partial charge in [0.1, 0.15) is 11.0 Å². The number of rotatable bonds is 2. The second-order valence-corrected chi connectivity index (χ2v) is 11.1. The van der Waals surface area contributed by atoms with Crippen LogP contribution in [-0.2, 0) is 20.5 Å². The van der Waals surface area contributed by atoms with E-state index in [9.17, 15) is 14.4 Å². The van der Waals surface area contributed by atoms with Gasteiger partial charge in [0.25, 0.3) is 5.91 Å². The lowest BCUT2D eigenvalue weighted by Gasteiger charge is -2.43. The molecule has 36 heavy (non-hydrogen) atoms. The number of aryl methyl sites for hydroxylation is 1. The molecular formula is C29H24BrN3O3. The van der Waals surface area contributed by atoms with Gasteiger partial charge >= 0.3 is 0 Å². The number of amides is 2. The Bertz CT molecular complexity index is 1490. The summed E-state index contributed by atoms with van der Waals surface area (Å²) in [6.07, 6.45) is 1.62. The maximum Gasteiger partial charge on any atom is 0.251 e. The summed E-state index contributed by atoms with van der Waals surface area (Å²) < 4.78 is 0.877. The van der Waals surface area contributed by atoms with Gasteiger partial charge < -0.3 is 10.6 Å². The number of carbonyl (C=O) groups is 3. The van der Waals surface area contributed by atoms with Crippen molar-refractivity contribution in [2.75, 3.05) is 17.2 Å². The van der Waals surface area contributed by atoms with Crippen molar-refractivity contribution in [1.29, 1.82) is 0 Å². The quantitative estimate of drug-likeness (QED) is 0.458. The molecule has 6 nitrogen and oxygen atoms in total. The number of fused-ring (bicyclic) bond motifs is 7. The molecule has 2 saturated heterocycles. The van der Waals surface area contributed by atoms with Crippen LogP contribution in [0.3, 0.4) is 0 Å². The molecular weight excluding hydrogens is 518 g/mol. The average Bonchev–Trinajstić information content (AvgIpc) is 3.59. The standard InChI is InChI=1S/C29H24BrN3O3/c1-16-6-4-8-20-24(16)32-27(36)29(20)28(19-7-2-3-9-21(19)31-26(28)35)23(22-10-5-15-33(22)29)25(34)17-11-13-18(30)14-12-17/h2-4,6-9,11-14,22-23H,5,10,15H2,1H3,(H,31,35)(H,32,36). The van der Waals surface area contributed by atoms with Gasteiger partial charge in [-0.25, -0.2) is 0 Å². The van der Waals surface area contributed by atoms with Crippen molar-refractivity contribution in [2.45, 2.75) is 36.8 Å². The number of benzene rings is 3. The highest BCUT2D eigenvalue weighted by Gasteiger charge is 2.81. The summed E-state index contributed by atoms with van der Waals surface area (Å²) in [5, 5.41) is 6.22. The van der Waals surface area contributed by atoms with Crippen LogP contribution in [0.25, 0.3) is 0 Å². The van der Waals surface area contributed by atoms with Crippen LogP contribution >= 0.6 is 15.9 Å². The molecule has 2 fully saturated rings. The van der Waals surface area contributed by atoms with Crippen LogP contribution in [0.5, 0.6) is 0 Å². The topological polar surface area (TPSA) is 78.5 Å². The minimum absolute atomic E-state index is 0.1000. The Hall–Kier alpha value is -3.29. The molecule has 0 aromatic heterocycles. The Labute approximate surface area is 217 Å². The Morgan fingerprint density at radius 1 is 0.944 bits per heavy atom. The van der Waals surface area contributed by atoms with E-state index < -0.39 is 16.9 Å². The fourth-order valence-corrected chi connectivity index (χ4v) is 7.81. The van der Waals surface area contributed by atoms with E-state index in [0.29, 0.717) is 17.8 Å². The average molecular weight is 542 g/mol. The molecule has 180 valence electrons. The first-order valence-corrected chi connectivity index (χ1v) is 13.1. The zero-order chi connectivity index (χ0) is 24.8. The van der Waals surface area contributed by atoms with Gasteiger partial charge in [-0.05, 0) is 55.6 Å². The minimum atomic E-state index is -1.40. The predicted molar refractivity (Wildman–Crippen MR) is 140 cm³/mol. The van der Waals surface area contributed by atoms with E-state index in [4.69, 9.17) is 0 Å². The number of nitrogens with one attached hydrogen (secondary N) is 2. The van der Waals surface area contributed by atoms with Crippen molar-refractivity contribution in [3.8, 4) is 0 Å². The highest BCUT2D eigenvalue weighted by atomic mass is 79.9. The lowest BCUT2D eigenvalue weighted by molar-refractivity contribution is -0.137. The van der Waals surface area contributed by atoms with Crippen LogP contribution in [-0.4, -0.2) is 35.1 Å². The molecule has 4 heterocycles. The van der Waals surface area contributed by atoms with Crippen molar-refractivity contribution in [1.82, 2.24) is 4.90 Å². The fraction of sp³-hybridized carbons (Fsp3) is 0.276. The number of hydrogen-bond acceptors (Lipinski definition) is 4. The largest absolute Gasteiger partial charge is 0.325 e. The van der Waals surface area contributed by atoms with Crippen LogP contribution in [0.2, 0.25) is 0 Å². The van der Waals surface area contributed by atoms with Gasteiger partial charge in [0, 0.05) is 33.0 Å².